The molecule has 5 rings (SSSR count). The fourth-order valence-corrected chi connectivity index (χ4v) is 3.75. The summed E-state index contributed by atoms with van der Waals surface area (Å²) in [5.74, 6) is 0.466. The van der Waals surface area contributed by atoms with Crippen molar-refractivity contribution < 1.29 is 19.1 Å². The zero-order chi connectivity index (χ0) is 20.7. The molecule has 9 heteroatoms. The van der Waals surface area contributed by atoms with Gasteiger partial charge in [0.05, 0.1) is 5.56 Å². The van der Waals surface area contributed by atoms with E-state index in [9.17, 15) is 9.59 Å². The third kappa shape index (κ3) is 3.22. The highest BCUT2D eigenvalue weighted by molar-refractivity contribution is 9.10. The monoisotopic (exact) mass is 466 g/mol. The fourth-order valence-electron chi connectivity index (χ4n) is 3.39. The van der Waals surface area contributed by atoms with Crippen LogP contribution in [0.4, 0.5) is 5.69 Å². The topological polar surface area (TPSA) is 92.8 Å². The van der Waals surface area contributed by atoms with Crippen LogP contribution in [-0.4, -0.2) is 28.6 Å². The van der Waals surface area contributed by atoms with E-state index in [0.29, 0.717) is 28.3 Å². The van der Waals surface area contributed by atoms with E-state index in [1.807, 2.05) is 18.2 Å². The molecule has 0 radical (unpaired) electrons. The van der Waals surface area contributed by atoms with Gasteiger partial charge in [0.15, 0.2) is 11.5 Å². The van der Waals surface area contributed by atoms with Gasteiger partial charge >= 0.3 is 0 Å². The molecule has 2 amide bonds. The van der Waals surface area contributed by atoms with Crippen LogP contribution in [0.25, 0.3) is 0 Å². The van der Waals surface area contributed by atoms with Crippen molar-refractivity contribution in [3.63, 3.8) is 0 Å². The van der Waals surface area contributed by atoms with E-state index in [1.165, 1.54) is 17.4 Å². The predicted molar refractivity (Wildman–Crippen MR) is 111 cm³/mol. The van der Waals surface area contributed by atoms with E-state index in [-0.39, 0.29) is 12.7 Å². The number of hydrogen-bond donors (Lipinski definition) is 2. The lowest BCUT2D eigenvalue weighted by atomic mass is 10.0. The fraction of sp³-hybridized carbons (Fsp3) is 0.0952. The Balaban J connectivity index is 1.54. The number of rotatable bonds is 3. The number of amides is 2. The summed E-state index contributed by atoms with van der Waals surface area (Å²) < 4.78 is 11.6. The van der Waals surface area contributed by atoms with Crippen LogP contribution >= 0.6 is 15.9 Å². The van der Waals surface area contributed by atoms with E-state index < -0.39 is 12.1 Å². The molecular weight excluding hydrogens is 452 g/mol. The van der Waals surface area contributed by atoms with E-state index >= 15 is 0 Å². The van der Waals surface area contributed by atoms with Gasteiger partial charge in [-0.15, -0.1) is 0 Å². The highest BCUT2D eigenvalue weighted by atomic mass is 79.9. The standard InChI is InChI=1S/C21H15BrN4O4/c22-14-2-3-16-15(10-14)21(28)26(25-20(27)12-5-7-23-8-6-12)19(24-16)13-1-4-17-18(9-13)30-11-29-17/h1-10,19,24H,11H2,(H,25,27). The SMILES string of the molecule is O=C(NN1C(=O)c2cc(Br)ccc2NC1c1ccc2c(c1)OCO2)c1ccncc1. The van der Waals surface area contributed by atoms with Crippen LogP contribution < -0.4 is 20.2 Å². The minimum absolute atomic E-state index is 0.148. The Morgan fingerprint density at radius 1 is 1.10 bits per heavy atom. The molecule has 0 saturated heterocycles. The third-order valence-corrected chi connectivity index (χ3v) is 5.35. The summed E-state index contributed by atoms with van der Waals surface area (Å²) in [6.07, 6.45) is 2.39. The lowest BCUT2D eigenvalue weighted by Crippen LogP contribution is -2.52. The first-order valence-corrected chi connectivity index (χ1v) is 9.90. The van der Waals surface area contributed by atoms with Gasteiger partial charge in [-0.05, 0) is 42.5 Å². The highest BCUT2D eigenvalue weighted by Gasteiger charge is 2.35. The Hall–Kier alpha value is -3.59. The summed E-state index contributed by atoms with van der Waals surface area (Å²) in [7, 11) is 0. The number of hydrazine groups is 1. The van der Waals surface area contributed by atoms with Gasteiger partial charge in [-0.1, -0.05) is 22.0 Å². The number of benzene rings is 2. The van der Waals surface area contributed by atoms with Crippen LogP contribution in [0.5, 0.6) is 11.5 Å². The van der Waals surface area contributed by atoms with Gasteiger partial charge < -0.3 is 14.8 Å². The minimum Gasteiger partial charge on any atom is -0.454 e. The molecular formula is C21H15BrN4O4. The molecule has 8 nitrogen and oxygen atoms in total. The summed E-state index contributed by atoms with van der Waals surface area (Å²) in [5, 5.41) is 4.62. The number of ether oxygens (including phenoxy) is 2. The van der Waals surface area contributed by atoms with E-state index in [4.69, 9.17) is 9.47 Å². The first kappa shape index (κ1) is 18.4. The molecule has 30 heavy (non-hydrogen) atoms. The summed E-state index contributed by atoms with van der Waals surface area (Å²) in [6.45, 7) is 0.148. The number of anilines is 1. The van der Waals surface area contributed by atoms with Crippen molar-refractivity contribution in [2.45, 2.75) is 6.17 Å². The second-order valence-electron chi connectivity index (χ2n) is 6.70. The number of nitrogens with one attached hydrogen (secondary N) is 2. The third-order valence-electron chi connectivity index (χ3n) is 4.86. The van der Waals surface area contributed by atoms with E-state index in [1.54, 1.807) is 30.3 Å². The van der Waals surface area contributed by atoms with Gasteiger partial charge in [0, 0.05) is 33.7 Å². The lowest BCUT2D eigenvalue weighted by molar-refractivity contribution is 0.0490. The first-order valence-electron chi connectivity index (χ1n) is 9.10. The molecule has 0 spiro atoms. The smallest absolute Gasteiger partial charge is 0.276 e. The zero-order valence-electron chi connectivity index (χ0n) is 15.5. The molecule has 3 heterocycles. The van der Waals surface area contributed by atoms with E-state index in [2.05, 4.69) is 31.7 Å². The number of aromatic nitrogens is 1. The molecule has 0 saturated carbocycles. The molecule has 3 aromatic rings. The van der Waals surface area contributed by atoms with Crippen LogP contribution in [-0.2, 0) is 0 Å². The summed E-state index contributed by atoms with van der Waals surface area (Å²) >= 11 is 3.40. The van der Waals surface area contributed by atoms with Crippen molar-refractivity contribution >= 4 is 33.4 Å². The Morgan fingerprint density at radius 3 is 2.73 bits per heavy atom. The average molecular weight is 467 g/mol. The molecule has 2 aromatic carbocycles. The summed E-state index contributed by atoms with van der Waals surface area (Å²) in [5.41, 5.74) is 4.96. The number of carbonyl (C=O) groups excluding carboxylic acids is 2. The molecule has 1 atom stereocenters. The molecule has 2 aliphatic rings. The minimum atomic E-state index is -0.647. The molecule has 1 unspecified atom stereocenters. The number of hydrogen-bond acceptors (Lipinski definition) is 6. The maximum absolute atomic E-state index is 13.3. The Morgan fingerprint density at radius 2 is 1.90 bits per heavy atom. The summed E-state index contributed by atoms with van der Waals surface area (Å²) in [6, 6.07) is 13.9. The van der Waals surface area contributed by atoms with Crippen LogP contribution in [0, 0.1) is 0 Å². The van der Waals surface area contributed by atoms with Gasteiger partial charge in [0.2, 0.25) is 6.79 Å². The van der Waals surface area contributed by atoms with Crippen LogP contribution in [0.15, 0.2) is 65.4 Å². The number of pyridine rings is 1. The molecule has 150 valence electrons. The predicted octanol–water partition coefficient (Wildman–Crippen LogP) is 3.48. The zero-order valence-corrected chi connectivity index (χ0v) is 17.0. The lowest BCUT2D eigenvalue weighted by Gasteiger charge is -2.37. The molecule has 1 aromatic heterocycles. The Bertz CT molecular complexity index is 1150. The molecule has 2 aliphatic heterocycles. The summed E-state index contributed by atoms with van der Waals surface area (Å²) in [4.78, 5) is 30.0. The molecule has 0 fully saturated rings. The van der Waals surface area contributed by atoms with Crippen LogP contribution in [0.1, 0.15) is 32.4 Å². The Kier molecular flexibility index (Phi) is 4.51. The molecule has 2 N–H and O–H groups in total. The normalized spacial score (nSPS) is 16.6. The van der Waals surface area contributed by atoms with Crippen molar-refractivity contribution in [1.82, 2.24) is 15.4 Å². The maximum atomic E-state index is 13.3. The number of halogens is 1. The average Bonchev–Trinajstić information content (AvgIpc) is 3.24. The van der Waals surface area contributed by atoms with Crippen molar-refractivity contribution in [2.24, 2.45) is 0 Å². The maximum Gasteiger partial charge on any atom is 0.276 e. The van der Waals surface area contributed by atoms with E-state index in [0.717, 1.165) is 10.0 Å². The molecule has 0 bridgehead atoms. The van der Waals surface area contributed by atoms with Gasteiger partial charge in [0.1, 0.15) is 6.17 Å². The molecule has 0 aliphatic carbocycles. The number of carbonyl (C=O) groups is 2. The van der Waals surface area contributed by atoms with Gasteiger partial charge in [-0.2, -0.15) is 0 Å². The van der Waals surface area contributed by atoms with Crippen molar-refractivity contribution in [1.29, 1.82) is 0 Å². The van der Waals surface area contributed by atoms with Gasteiger partial charge in [0.25, 0.3) is 11.8 Å². The van der Waals surface area contributed by atoms with Crippen molar-refractivity contribution in [3.05, 3.63) is 82.1 Å². The van der Waals surface area contributed by atoms with Crippen LogP contribution in [0.3, 0.4) is 0 Å². The first-order chi connectivity index (χ1) is 14.6. The quantitative estimate of drug-likeness (QED) is 0.613. The highest BCUT2D eigenvalue weighted by Crippen LogP contribution is 2.38. The second kappa shape index (κ2) is 7.34. The largest absolute Gasteiger partial charge is 0.454 e. The Labute approximate surface area is 179 Å². The van der Waals surface area contributed by atoms with Gasteiger partial charge in [-0.25, -0.2) is 5.01 Å². The second-order valence-corrected chi connectivity index (χ2v) is 7.62. The van der Waals surface area contributed by atoms with Crippen molar-refractivity contribution in [2.75, 3.05) is 12.1 Å². The van der Waals surface area contributed by atoms with Gasteiger partial charge in [-0.3, -0.25) is 20.0 Å². The van der Waals surface area contributed by atoms with Crippen molar-refractivity contribution in [3.8, 4) is 11.5 Å². The number of fused-ring (bicyclic) bond motifs is 2. The number of nitrogens with zero attached hydrogens (tertiary/aromatic N) is 2. The van der Waals surface area contributed by atoms with Crippen LogP contribution in [0.2, 0.25) is 0 Å².